The number of rotatable bonds is 6. The molecule has 1 amide bonds. The topological polar surface area (TPSA) is 99.0 Å². The molecule has 35 heavy (non-hydrogen) atoms. The monoisotopic (exact) mass is 618 g/mol. The lowest BCUT2D eigenvalue weighted by molar-refractivity contribution is -0.384. The van der Waals surface area contributed by atoms with E-state index < -0.39 is 10.9 Å². The Bertz CT molecular complexity index is 1390. The van der Waals surface area contributed by atoms with Gasteiger partial charge in [-0.15, -0.1) is 0 Å². The van der Waals surface area contributed by atoms with Crippen LogP contribution in [0.25, 0.3) is 6.08 Å². The quantitative estimate of drug-likeness (QED) is 0.0648. The number of nitro groups is 1. The number of benzene rings is 3. The van der Waals surface area contributed by atoms with E-state index in [0.29, 0.717) is 31.8 Å². The summed E-state index contributed by atoms with van der Waals surface area (Å²) in [5.41, 5.74) is 1.44. The van der Waals surface area contributed by atoms with Crippen LogP contribution in [0.5, 0.6) is 11.5 Å². The van der Waals surface area contributed by atoms with Crippen LogP contribution in [0.1, 0.15) is 15.9 Å². The molecule has 176 valence electrons. The summed E-state index contributed by atoms with van der Waals surface area (Å²) in [6.45, 7) is 0. The van der Waals surface area contributed by atoms with Crippen molar-refractivity contribution in [3.63, 3.8) is 0 Å². The standard InChI is InChI=1S/C24H15IN2O6S2/c1-32-20-12-14(6-11-19(20)33-23(29)17-4-2-3-5-18(17)25)13-21-22(28)26(24(34)35-21)15-7-9-16(10-8-15)27(30)31/h2-13H,1H3/b21-13-. The molecule has 3 aromatic rings. The molecule has 1 fully saturated rings. The second-order valence-corrected chi connectivity index (χ2v) is 9.91. The van der Waals surface area contributed by atoms with E-state index in [1.165, 1.54) is 36.3 Å². The highest BCUT2D eigenvalue weighted by molar-refractivity contribution is 14.1. The number of hydrogen-bond donors (Lipinski definition) is 0. The molecule has 1 saturated heterocycles. The highest BCUT2D eigenvalue weighted by Crippen LogP contribution is 2.37. The Hall–Kier alpha value is -3.29. The van der Waals surface area contributed by atoms with Gasteiger partial charge in [0.15, 0.2) is 15.8 Å². The van der Waals surface area contributed by atoms with Gasteiger partial charge < -0.3 is 9.47 Å². The molecule has 0 bridgehead atoms. The Morgan fingerprint density at radius 2 is 1.83 bits per heavy atom. The number of thiocarbonyl (C=S) groups is 1. The maximum Gasteiger partial charge on any atom is 0.344 e. The summed E-state index contributed by atoms with van der Waals surface area (Å²) in [5, 5.41) is 10.9. The SMILES string of the molecule is COc1cc(/C=C2\SC(=S)N(c3ccc([N+](=O)[O-])cc3)C2=O)ccc1OC(=O)c1ccccc1I. The maximum absolute atomic E-state index is 13.0. The normalized spacial score (nSPS) is 14.3. The first-order valence-electron chi connectivity index (χ1n) is 9.95. The van der Waals surface area contributed by atoms with Crippen LogP contribution in [-0.2, 0) is 4.79 Å². The number of thioether (sulfide) groups is 1. The Balaban J connectivity index is 1.56. The van der Waals surface area contributed by atoms with E-state index in [1.54, 1.807) is 36.4 Å². The Kier molecular flexibility index (Phi) is 7.48. The largest absolute Gasteiger partial charge is 0.493 e. The van der Waals surface area contributed by atoms with Gasteiger partial charge in [0.05, 0.1) is 28.2 Å². The predicted molar refractivity (Wildman–Crippen MR) is 146 cm³/mol. The van der Waals surface area contributed by atoms with E-state index in [1.807, 2.05) is 12.1 Å². The molecule has 0 N–H and O–H groups in total. The van der Waals surface area contributed by atoms with Crippen molar-refractivity contribution in [1.29, 1.82) is 0 Å². The molecule has 0 atom stereocenters. The Labute approximate surface area is 223 Å². The van der Waals surface area contributed by atoms with Crippen molar-refractivity contribution in [3.8, 4) is 11.5 Å². The van der Waals surface area contributed by atoms with Gasteiger partial charge in [-0.1, -0.05) is 42.2 Å². The first kappa shape index (κ1) is 24.8. The molecule has 1 heterocycles. The maximum atomic E-state index is 13.0. The van der Waals surface area contributed by atoms with Gasteiger partial charge in [0.25, 0.3) is 11.6 Å². The zero-order chi connectivity index (χ0) is 25.1. The van der Waals surface area contributed by atoms with Gasteiger partial charge in [-0.2, -0.15) is 0 Å². The molecule has 0 unspecified atom stereocenters. The van der Waals surface area contributed by atoms with Gasteiger partial charge in [0.1, 0.15) is 0 Å². The van der Waals surface area contributed by atoms with Crippen LogP contribution in [0, 0.1) is 13.7 Å². The van der Waals surface area contributed by atoms with Gasteiger partial charge in [-0.05, 0) is 70.6 Å². The predicted octanol–water partition coefficient (Wildman–Crippen LogP) is 5.83. The number of carbonyl (C=O) groups is 2. The fourth-order valence-electron chi connectivity index (χ4n) is 3.20. The van der Waals surface area contributed by atoms with Crippen LogP contribution in [0.4, 0.5) is 11.4 Å². The van der Waals surface area contributed by atoms with Crippen molar-refractivity contribution in [2.45, 2.75) is 0 Å². The highest BCUT2D eigenvalue weighted by atomic mass is 127. The first-order valence-corrected chi connectivity index (χ1v) is 12.3. The second-order valence-electron chi connectivity index (χ2n) is 7.07. The Morgan fingerprint density at radius 1 is 1.11 bits per heavy atom. The summed E-state index contributed by atoms with van der Waals surface area (Å²) in [4.78, 5) is 37.7. The average Bonchev–Trinajstić information content (AvgIpc) is 3.12. The van der Waals surface area contributed by atoms with E-state index in [-0.39, 0.29) is 17.3 Å². The van der Waals surface area contributed by atoms with Gasteiger partial charge >= 0.3 is 5.97 Å². The number of anilines is 1. The smallest absolute Gasteiger partial charge is 0.344 e. The lowest BCUT2D eigenvalue weighted by Crippen LogP contribution is -2.27. The molecular formula is C24H15IN2O6S2. The van der Waals surface area contributed by atoms with Crippen LogP contribution in [-0.4, -0.2) is 28.2 Å². The Morgan fingerprint density at radius 3 is 2.49 bits per heavy atom. The third-order valence-electron chi connectivity index (χ3n) is 4.89. The van der Waals surface area contributed by atoms with Gasteiger partial charge in [-0.3, -0.25) is 19.8 Å². The number of non-ortho nitro benzene ring substituents is 1. The van der Waals surface area contributed by atoms with Crippen molar-refractivity contribution in [2.24, 2.45) is 0 Å². The molecule has 11 heteroatoms. The van der Waals surface area contributed by atoms with Crippen molar-refractivity contribution in [3.05, 3.63) is 96.4 Å². The van der Waals surface area contributed by atoms with Crippen molar-refractivity contribution < 1.29 is 24.0 Å². The molecule has 1 aliphatic rings. The third-order valence-corrected chi connectivity index (χ3v) is 7.14. The number of methoxy groups -OCH3 is 1. The van der Waals surface area contributed by atoms with Gasteiger partial charge in [-0.25, -0.2) is 4.79 Å². The molecule has 0 aromatic heterocycles. The number of ether oxygens (including phenoxy) is 2. The fourth-order valence-corrected chi connectivity index (χ4v) is 5.11. The molecule has 3 aromatic carbocycles. The number of esters is 1. The number of nitrogens with zero attached hydrogens (tertiary/aromatic N) is 2. The number of amides is 1. The first-order chi connectivity index (χ1) is 16.8. The number of hydrogen-bond acceptors (Lipinski definition) is 8. The summed E-state index contributed by atoms with van der Waals surface area (Å²) >= 11 is 8.54. The number of nitro benzene ring substituents is 1. The summed E-state index contributed by atoms with van der Waals surface area (Å²) in [5.74, 6) is -0.288. The van der Waals surface area contributed by atoms with E-state index in [2.05, 4.69) is 22.6 Å². The van der Waals surface area contributed by atoms with Crippen molar-refractivity contribution >= 4 is 80.2 Å². The minimum Gasteiger partial charge on any atom is -0.493 e. The third kappa shape index (κ3) is 5.36. The second kappa shape index (κ2) is 10.5. The van der Waals surface area contributed by atoms with Gasteiger partial charge in [0.2, 0.25) is 0 Å². The molecule has 0 spiro atoms. The molecule has 1 aliphatic heterocycles. The summed E-state index contributed by atoms with van der Waals surface area (Å²) in [7, 11) is 1.46. The minimum absolute atomic E-state index is 0.0791. The molecule has 0 aliphatic carbocycles. The fraction of sp³-hybridized carbons (Fsp3) is 0.0417. The molecule has 0 radical (unpaired) electrons. The molecule has 4 rings (SSSR count). The lowest BCUT2D eigenvalue weighted by Gasteiger charge is -2.14. The minimum atomic E-state index is -0.511. The average molecular weight is 618 g/mol. The lowest BCUT2D eigenvalue weighted by atomic mass is 10.1. The van der Waals surface area contributed by atoms with Crippen LogP contribution < -0.4 is 14.4 Å². The summed E-state index contributed by atoms with van der Waals surface area (Å²) < 4.78 is 12.0. The molecular weight excluding hydrogens is 603 g/mol. The number of halogens is 1. The zero-order valence-corrected chi connectivity index (χ0v) is 21.8. The van der Waals surface area contributed by atoms with Crippen LogP contribution in [0.2, 0.25) is 0 Å². The summed E-state index contributed by atoms with van der Waals surface area (Å²) in [6.07, 6.45) is 1.65. The van der Waals surface area contributed by atoms with E-state index in [4.69, 9.17) is 21.7 Å². The molecule has 8 nitrogen and oxygen atoms in total. The van der Waals surface area contributed by atoms with E-state index >= 15 is 0 Å². The van der Waals surface area contributed by atoms with Crippen molar-refractivity contribution in [1.82, 2.24) is 0 Å². The summed E-state index contributed by atoms with van der Waals surface area (Å²) in [6, 6.07) is 17.6. The van der Waals surface area contributed by atoms with Gasteiger partial charge in [0, 0.05) is 15.7 Å². The van der Waals surface area contributed by atoms with Crippen LogP contribution >= 0.6 is 46.6 Å². The van der Waals surface area contributed by atoms with Crippen LogP contribution in [0.15, 0.2) is 71.6 Å². The van der Waals surface area contributed by atoms with E-state index in [0.717, 1.165) is 15.3 Å². The van der Waals surface area contributed by atoms with E-state index in [9.17, 15) is 19.7 Å². The van der Waals surface area contributed by atoms with Crippen LogP contribution in [0.3, 0.4) is 0 Å². The molecule has 0 saturated carbocycles. The van der Waals surface area contributed by atoms with Crippen molar-refractivity contribution in [2.75, 3.05) is 12.0 Å². The highest BCUT2D eigenvalue weighted by Gasteiger charge is 2.33. The zero-order valence-electron chi connectivity index (χ0n) is 18.0. The number of carbonyl (C=O) groups excluding carboxylic acids is 2.